The molecule has 0 radical (unpaired) electrons. The van der Waals surface area contributed by atoms with Gasteiger partial charge in [-0.15, -0.1) is 0 Å². The molecular formula is C28H22F4N6O4. The van der Waals surface area contributed by atoms with Crippen LogP contribution in [0.3, 0.4) is 0 Å². The fourth-order valence-corrected chi connectivity index (χ4v) is 3.92. The van der Waals surface area contributed by atoms with Crippen molar-refractivity contribution in [1.82, 2.24) is 19.5 Å². The van der Waals surface area contributed by atoms with E-state index in [4.69, 9.17) is 4.52 Å². The zero-order valence-electron chi connectivity index (χ0n) is 22.3. The average molecular weight is 583 g/mol. The molecule has 0 bridgehead atoms. The second-order valence-electron chi connectivity index (χ2n) is 10.1. The lowest BCUT2D eigenvalue weighted by molar-refractivity contribution is -0.199. The number of carbonyl (C=O) groups is 2. The lowest BCUT2D eigenvalue weighted by Gasteiger charge is -2.19. The maximum atomic E-state index is 15.3. The predicted octanol–water partition coefficient (Wildman–Crippen LogP) is 6.55. The Kier molecular flexibility index (Phi) is 7.14. The molecule has 10 nitrogen and oxygen atoms in total. The van der Waals surface area contributed by atoms with Gasteiger partial charge in [-0.25, -0.2) is 19.0 Å². The number of rotatable bonds is 4. The smallest absolute Gasteiger partial charge is 0.359 e. The zero-order chi connectivity index (χ0) is 30.2. The van der Waals surface area contributed by atoms with E-state index in [1.807, 2.05) is 24.3 Å². The van der Waals surface area contributed by atoms with Crippen LogP contribution in [0.25, 0.3) is 28.0 Å². The molecule has 42 heavy (non-hydrogen) atoms. The Morgan fingerprint density at radius 3 is 2.38 bits per heavy atom. The number of anilines is 2. The molecule has 5 aromatic rings. The van der Waals surface area contributed by atoms with E-state index in [2.05, 4.69) is 25.3 Å². The van der Waals surface area contributed by atoms with Crippen LogP contribution >= 0.6 is 0 Å². The molecule has 0 fully saturated rings. The van der Waals surface area contributed by atoms with Gasteiger partial charge < -0.3 is 14.7 Å². The van der Waals surface area contributed by atoms with Crippen molar-refractivity contribution in [3.63, 3.8) is 0 Å². The minimum Gasteiger partial charge on any atom is -0.359 e. The summed E-state index contributed by atoms with van der Waals surface area (Å²) in [7, 11) is 0. The molecule has 1 N–H and O–H groups in total. The van der Waals surface area contributed by atoms with Gasteiger partial charge in [0.2, 0.25) is 5.82 Å². The fraction of sp³-hybridized carbons (Fsp3) is 0.179. The van der Waals surface area contributed by atoms with Gasteiger partial charge in [-0.3, -0.25) is 9.38 Å². The molecular weight excluding hydrogens is 560 g/mol. The molecule has 0 saturated heterocycles. The van der Waals surface area contributed by atoms with Gasteiger partial charge in [0.25, 0.3) is 0 Å². The number of hydrogen-bond acceptors (Lipinski definition) is 7. The number of halogens is 4. The highest BCUT2D eigenvalue weighted by Gasteiger charge is 2.44. The Morgan fingerprint density at radius 2 is 1.74 bits per heavy atom. The Labute approximate surface area is 235 Å². The second-order valence-corrected chi connectivity index (χ2v) is 10.1. The molecule has 5 rings (SSSR count). The molecule has 0 aliphatic heterocycles. The summed E-state index contributed by atoms with van der Waals surface area (Å²) in [5.74, 6) is -3.75. The van der Waals surface area contributed by atoms with Crippen molar-refractivity contribution in [2.75, 3.05) is 10.4 Å². The fourth-order valence-electron chi connectivity index (χ4n) is 3.92. The van der Waals surface area contributed by atoms with Crippen molar-refractivity contribution in [3.8, 4) is 22.4 Å². The molecule has 0 aliphatic carbocycles. The van der Waals surface area contributed by atoms with Crippen LogP contribution in [0.1, 0.15) is 26.5 Å². The van der Waals surface area contributed by atoms with Crippen LogP contribution in [-0.2, 0) is 15.0 Å². The lowest BCUT2D eigenvalue weighted by Crippen LogP contribution is -2.41. The summed E-state index contributed by atoms with van der Waals surface area (Å²) in [5.41, 5.74) is 2.17. The second kappa shape index (κ2) is 10.6. The van der Waals surface area contributed by atoms with E-state index < -0.39 is 35.2 Å². The van der Waals surface area contributed by atoms with Crippen LogP contribution in [0.2, 0.25) is 0 Å². The van der Waals surface area contributed by atoms with Crippen LogP contribution in [0.4, 0.5) is 33.9 Å². The van der Waals surface area contributed by atoms with Crippen LogP contribution in [-0.4, -0.2) is 37.7 Å². The first-order chi connectivity index (χ1) is 19.8. The Hall–Kier alpha value is -5.27. The third-order valence-electron chi connectivity index (χ3n) is 6.06. The van der Waals surface area contributed by atoms with Crippen molar-refractivity contribution in [2.24, 2.45) is 0 Å². The van der Waals surface area contributed by atoms with E-state index in [1.165, 1.54) is 18.3 Å². The number of hydrogen-bond donors (Lipinski definition) is 1. The SMILES string of the molecule is CC(C)(C)c1cc(N(OC(=O)C(F)(F)F)C(=O)Nc2ccc(-c3cnc4cc(-c5ccncc5)ccn34)c(F)c2)no1. The third kappa shape index (κ3) is 5.77. The summed E-state index contributed by atoms with van der Waals surface area (Å²) < 4.78 is 60.8. The minimum absolute atomic E-state index is 0.00869. The largest absolute Gasteiger partial charge is 0.493 e. The quantitative estimate of drug-likeness (QED) is 0.189. The molecule has 0 saturated carbocycles. The molecule has 4 heterocycles. The number of aromatic nitrogens is 4. The van der Waals surface area contributed by atoms with Crippen LogP contribution in [0, 0.1) is 5.82 Å². The van der Waals surface area contributed by atoms with Gasteiger partial charge in [-0.1, -0.05) is 31.0 Å². The van der Waals surface area contributed by atoms with Gasteiger partial charge >= 0.3 is 18.2 Å². The highest BCUT2D eigenvalue weighted by molar-refractivity contribution is 6.01. The summed E-state index contributed by atoms with van der Waals surface area (Å²) in [4.78, 5) is 37.1. The van der Waals surface area contributed by atoms with Crippen LogP contribution < -0.4 is 10.4 Å². The number of nitrogens with one attached hydrogen (secondary N) is 1. The van der Waals surface area contributed by atoms with Crippen molar-refractivity contribution in [2.45, 2.75) is 32.4 Å². The molecule has 2 amide bonds. The summed E-state index contributed by atoms with van der Waals surface area (Å²) in [6.07, 6.45) is 1.15. The lowest BCUT2D eigenvalue weighted by atomic mass is 9.93. The third-order valence-corrected chi connectivity index (χ3v) is 6.06. The van der Waals surface area contributed by atoms with Crippen molar-refractivity contribution in [3.05, 3.63) is 84.9 Å². The Morgan fingerprint density at radius 1 is 1.00 bits per heavy atom. The molecule has 0 unspecified atom stereocenters. The highest BCUT2D eigenvalue weighted by atomic mass is 19.4. The average Bonchev–Trinajstić information content (AvgIpc) is 3.59. The summed E-state index contributed by atoms with van der Waals surface area (Å²) in [6, 6.07) is 10.8. The minimum atomic E-state index is -5.41. The standard InChI is InChI=1S/C28H22F4N6O4/c1-27(2,3)22-14-24(36-41-22)38(42-25(39)28(30,31)32)26(40)35-18-4-5-19(20(29)13-18)21-15-34-23-12-17(8-11-37(21)23)16-6-9-33-10-7-16/h4-15H,1-3H3,(H,35,40). The normalized spacial score (nSPS) is 11.9. The van der Waals surface area contributed by atoms with E-state index in [1.54, 1.807) is 43.8 Å². The van der Waals surface area contributed by atoms with Crippen LogP contribution in [0.5, 0.6) is 0 Å². The van der Waals surface area contributed by atoms with Gasteiger partial charge in [0.05, 0.1) is 11.9 Å². The molecule has 1 aromatic carbocycles. The number of hydroxylamine groups is 1. The van der Waals surface area contributed by atoms with Gasteiger partial charge in [0, 0.05) is 41.3 Å². The molecule has 0 spiro atoms. The maximum Gasteiger partial charge on any atom is 0.493 e. The highest BCUT2D eigenvalue weighted by Crippen LogP contribution is 2.30. The number of amides is 2. The number of imidazole rings is 1. The van der Waals surface area contributed by atoms with Gasteiger partial charge in [0.1, 0.15) is 17.2 Å². The first-order valence-electron chi connectivity index (χ1n) is 12.4. The topological polar surface area (TPSA) is 115 Å². The monoisotopic (exact) mass is 582 g/mol. The van der Waals surface area contributed by atoms with E-state index in [-0.39, 0.29) is 22.1 Å². The van der Waals surface area contributed by atoms with Crippen molar-refractivity contribution in [1.29, 1.82) is 0 Å². The number of nitrogens with zero attached hydrogens (tertiary/aromatic N) is 5. The maximum absolute atomic E-state index is 15.3. The first kappa shape index (κ1) is 28.3. The zero-order valence-corrected chi connectivity index (χ0v) is 22.3. The number of fused-ring (bicyclic) bond motifs is 1. The molecule has 0 aliphatic rings. The summed E-state index contributed by atoms with van der Waals surface area (Å²) in [5, 5.41) is 5.77. The number of benzene rings is 1. The summed E-state index contributed by atoms with van der Waals surface area (Å²) in [6.45, 7) is 5.20. The van der Waals surface area contributed by atoms with Gasteiger partial charge in [-0.2, -0.15) is 13.2 Å². The van der Waals surface area contributed by atoms with Crippen molar-refractivity contribution < 1.29 is 36.5 Å². The van der Waals surface area contributed by atoms with Crippen molar-refractivity contribution >= 4 is 29.2 Å². The number of carbonyl (C=O) groups excluding carboxylic acids is 2. The molecule has 4 aromatic heterocycles. The van der Waals surface area contributed by atoms with E-state index in [0.717, 1.165) is 23.3 Å². The first-order valence-corrected chi connectivity index (χ1v) is 12.4. The number of urea groups is 1. The van der Waals surface area contributed by atoms with E-state index in [9.17, 15) is 22.8 Å². The van der Waals surface area contributed by atoms with Gasteiger partial charge in [0.15, 0.2) is 0 Å². The number of pyridine rings is 2. The predicted molar refractivity (Wildman–Crippen MR) is 143 cm³/mol. The molecule has 0 atom stereocenters. The molecule has 14 heteroatoms. The Balaban J connectivity index is 1.40. The van der Waals surface area contributed by atoms with E-state index in [0.29, 0.717) is 11.3 Å². The molecule has 216 valence electrons. The Bertz CT molecular complexity index is 1780. The summed E-state index contributed by atoms with van der Waals surface area (Å²) >= 11 is 0. The van der Waals surface area contributed by atoms with Gasteiger partial charge in [-0.05, 0) is 53.6 Å². The number of alkyl halides is 3. The van der Waals surface area contributed by atoms with Crippen LogP contribution in [0.15, 0.2) is 77.8 Å². The van der Waals surface area contributed by atoms with E-state index >= 15 is 4.39 Å².